The van der Waals surface area contributed by atoms with Crippen LogP contribution >= 0.6 is 0 Å². The van der Waals surface area contributed by atoms with Crippen molar-refractivity contribution < 1.29 is 14.2 Å². The molecule has 1 unspecified atom stereocenters. The first-order valence-electron chi connectivity index (χ1n) is 6.26. The highest BCUT2D eigenvalue weighted by Crippen LogP contribution is 2.34. The van der Waals surface area contributed by atoms with Crippen LogP contribution in [0.5, 0.6) is 17.2 Å². The molecule has 5 heteroatoms. The van der Waals surface area contributed by atoms with Gasteiger partial charge in [-0.1, -0.05) is 0 Å². The standard InChI is InChI=1S/C14H24N2O3/c1-10(8-15)16(2)9-12-13(18-4)6-11(17-3)7-14(12)19-5/h6-7,10H,8-9,15H2,1-5H3. The Labute approximate surface area is 115 Å². The van der Waals surface area contributed by atoms with E-state index in [9.17, 15) is 0 Å². The molecule has 1 aromatic carbocycles. The number of ether oxygens (including phenoxy) is 3. The minimum absolute atomic E-state index is 0.288. The molecule has 0 aliphatic carbocycles. The highest BCUT2D eigenvalue weighted by Gasteiger charge is 2.17. The van der Waals surface area contributed by atoms with Gasteiger partial charge in [0.05, 0.1) is 26.9 Å². The summed E-state index contributed by atoms with van der Waals surface area (Å²) in [5, 5.41) is 0. The van der Waals surface area contributed by atoms with E-state index < -0.39 is 0 Å². The minimum Gasteiger partial charge on any atom is -0.496 e. The maximum atomic E-state index is 5.69. The van der Waals surface area contributed by atoms with E-state index in [1.807, 2.05) is 19.2 Å². The molecular formula is C14H24N2O3. The second kappa shape index (κ2) is 7.21. The Morgan fingerprint density at radius 3 is 2.00 bits per heavy atom. The van der Waals surface area contributed by atoms with Crippen LogP contribution in [0.25, 0.3) is 0 Å². The van der Waals surface area contributed by atoms with Gasteiger partial charge in [0.15, 0.2) is 0 Å². The lowest BCUT2D eigenvalue weighted by Crippen LogP contribution is -2.34. The molecular weight excluding hydrogens is 244 g/mol. The van der Waals surface area contributed by atoms with Crippen molar-refractivity contribution in [3.05, 3.63) is 17.7 Å². The largest absolute Gasteiger partial charge is 0.496 e. The van der Waals surface area contributed by atoms with E-state index in [0.717, 1.165) is 17.1 Å². The van der Waals surface area contributed by atoms with Gasteiger partial charge in [-0.2, -0.15) is 0 Å². The summed E-state index contributed by atoms with van der Waals surface area (Å²) >= 11 is 0. The van der Waals surface area contributed by atoms with Crippen molar-refractivity contribution in [2.45, 2.75) is 19.5 Å². The van der Waals surface area contributed by atoms with Gasteiger partial charge < -0.3 is 19.9 Å². The summed E-state index contributed by atoms with van der Waals surface area (Å²) in [6.07, 6.45) is 0. The first-order chi connectivity index (χ1) is 9.07. The fraction of sp³-hybridized carbons (Fsp3) is 0.571. The molecule has 0 amide bonds. The maximum absolute atomic E-state index is 5.69. The number of benzene rings is 1. The van der Waals surface area contributed by atoms with E-state index >= 15 is 0 Å². The second-order valence-electron chi connectivity index (χ2n) is 4.51. The molecule has 0 aliphatic rings. The van der Waals surface area contributed by atoms with Crippen molar-refractivity contribution >= 4 is 0 Å². The molecule has 0 saturated carbocycles. The number of methoxy groups -OCH3 is 3. The van der Waals surface area contributed by atoms with Gasteiger partial charge in [-0.15, -0.1) is 0 Å². The third-order valence-electron chi connectivity index (χ3n) is 3.32. The van der Waals surface area contributed by atoms with Gasteiger partial charge >= 0.3 is 0 Å². The number of nitrogens with zero attached hydrogens (tertiary/aromatic N) is 1. The summed E-state index contributed by atoms with van der Waals surface area (Å²) < 4.78 is 16.1. The van der Waals surface area contributed by atoms with Gasteiger partial charge in [0, 0.05) is 31.3 Å². The molecule has 108 valence electrons. The highest BCUT2D eigenvalue weighted by atomic mass is 16.5. The van der Waals surface area contributed by atoms with E-state index in [0.29, 0.717) is 18.8 Å². The van der Waals surface area contributed by atoms with Crippen LogP contribution in [0.4, 0.5) is 0 Å². The number of nitrogens with two attached hydrogens (primary N) is 1. The molecule has 0 aliphatic heterocycles. The lowest BCUT2D eigenvalue weighted by atomic mass is 10.1. The fourth-order valence-corrected chi connectivity index (χ4v) is 1.82. The van der Waals surface area contributed by atoms with Crippen LogP contribution in [-0.4, -0.2) is 45.9 Å². The van der Waals surface area contributed by atoms with Gasteiger partial charge in [0.1, 0.15) is 17.2 Å². The molecule has 0 spiro atoms. The predicted molar refractivity (Wildman–Crippen MR) is 76.1 cm³/mol. The second-order valence-corrected chi connectivity index (χ2v) is 4.51. The van der Waals surface area contributed by atoms with Crippen molar-refractivity contribution in [2.24, 2.45) is 5.73 Å². The number of hydrogen-bond donors (Lipinski definition) is 1. The van der Waals surface area contributed by atoms with Crippen molar-refractivity contribution in [3.8, 4) is 17.2 Å². The van der Waals surface area contributed by atoms with Crippen LogP contribution in [0.15, 0.2) is 12.1 Å². The van der Waals surface area contributed by atoms with Crippen LogP contribution in [-0.2, 0) is 6.54 Å². The van der Waals surface area contributed by atoms with Gasteiger partial charge in [-0.05, 0) is 14.0 Å². The van der Waals surface area contributed by atoms with E-state index in [1.165, 1.54) is 0 Å². The van der Waals surface area contributed by atoms with E-state index in [4.69, 9.17) is 19.9 Å². The maximum Gasteiger partial charge on any atom is 0.130 e. The Hall–Kier alpha value is -1.46. The van der Waals surface area contributed by atoms with E-state index in [-0.39, 0.29) is 6.04 Å². The summed E-state index contributed by atoms with van der Waals surface area (Å²) in [7, 11) is 6.94. The summed E-state index contributed by atoms with van der Waals surface area (Å²) in [6.45, 7) is 3.40. The Morgan fingerprint density at radius 2 is 1.63 bits per heavy atom. The average molecular weight is 268 g/mol. The van der Waals surface area contributed by atoms with Crippen molar-refractivity contribution in [3.63, 3.8) is 0 Å². The van der Waals surface area contributed by atoms with Gasteiger partial charge in [0.25, 0.3) is 0 Å². The van der Waals surface area contributed by atoms with Crippen LogP contribution in [0.2, 0.25) is 0 Å². The molecule has 1 rings (SSSR count). The van der Waals surface area contributed by atoms with Crippen molar-refractivity contribution in [1.82, 2.24) is 4.90 Å². The normalized spacial score (nSPS) is 12.4. The third-order valence-corrected chi connectivity index (χ3v) is 3.32. The summed E-state index contributed by atoms with van der Waals surface area (Å²) in [6, 6.07) is 4.01. The zero-order valence-corrected chi connectivity index (χ0v) is 12.4. The molecule has 0 radical (unpaired) electrons. The molecule has 0 saturated heterocycles. The lowest BCUT2D eigenvalue weighted by molar-refractivity contribution is 0.245. The predicted octanol–water partition coefficient (Wildman–Crippen LogP) is 1.49. The smallest absolute Gasteiger partial charge is 0.130 e. The van der Waals surface area contributed by atoms with Crippen molar-refractivity contribution in [1.29, 1.82) is 0 Å². The monoisotopic (exact) mass is 268 g/mol. The topological polar surface area (TPSA) is 57.0 Å². The molecule has 0 bridgehead atoms. The quantitative estimate of drug-likeness (QED) is 0.812. The average Bonchev–Trinajstić information content (AvgIpc) is 2.45. The van der Waals surface area contributed by atoms with Gasteiger partial charge in [-0.3, -0.25) is 4.90 Å². The minimum atomic E-state index is 0.288. The van der Waals surface area contributed by atoms with Crippen molar-refractivity contribution in [2.75, 3.05) is 34.9 Å². The SMILES string of the molecule is COc1cc(OC)c(CN(C)C(C)CN)c(OC)c1. The van der Waals surface area contributed by atoms with Crippen LogP contribution in [0.3, 0.4) is 0 Å². The van der Waals surface area contributed by atoms with Crippen LogP contribution < -0.4 is 19.9 Å². The zero-order chi connectivity index (χ0) is 14.4. The Morgan fingerprint density at radius 1 is 1.11 bits per heavy atom. The molecule has 5 nitrogen and oxygen atoms in total. The Kier molecular flexibility index (Phi) is 5.92. The first kappa shape index (κ1) is 15.6. The highest BCUT2D eigenvalue weighted by molar-refractivity contribution is 5.50. The number of likely N-dealkylation sites (N-methyl/N-ethyl adjacent to an activating group) is 1. The molecule has 0 aromatic heterocycles. The van der Waals surface area contributed by atoms with Crippen LogP contribution in [0.1, 0.15) is 12.5 Å². The lowest BCUT2D eigenvalue weighted by Gasteiger charge is -2.25. The zero-order valence-electron chi connectivity index (χ0n) is 12.4. The molecule has 19 heavy (non-hydrogen) atoms. The van der Waals surface area contributed by atoms with Gasteiger partial charge in [-0.25, -0.2) is 0 Å². The third kappa shape index (κ3) is 3.75. The molecule has 1 aromatic rings. The van der Waals surface area contributed by atoms with Crippen LogP contribution in [0, 0.1) is 0 Å². The molecule has 2 N–H and O–H groups in total. The summed E-state index contributed by atoms with van der Waals surface area (Å²) in [5.74, 6) is 2.23. The summed E-state index contributed by atoms with van der Waals surface area (Å²) in [5.41, 5.74) is 6.68. The molecule has 1 atom stereocenters. The number of hydrogen-bond acceptors (Lipinski definition) is 5. The van der Waals surface area contributed by atoms with Gasteiger partial charge in [0.2, 0.25) is 0 Å². The Balaban J connectivity index is 3.10. The molecule has 0 heterocycles. The fourth-order valence-electron chi connectivity index (χ4n) is 1.82. The summed E-state index contributed by atoms with van der Waals surface area (Å²) in [4.78, 5) is 2.16. The first-order valence-corrected chi connectivity index (χ1v) is 6.26. The van der Waals surface area contributed by atoms with E-state index in [1.54, 1.807) is 21.3 Å². The molecule has 0 fully saturated rings. The number of rotatable bonds is 7. The Bertz CT molecular complexity index is 385. The van der Waals surface area contributed by atoms with E-state index in [2.05, 4.69) is 11.8 Å².